The molecule has 0 bridgehead atoms. The fourth-order valence-electron chi connectivity index (χ4n) is 1.62. The number of nitrogens with one attached hydrogen (secondary N) is 1. The summed E-state index contributed by atoms with van der Waals surface area (Å²) in [6.45, 7) is 7.53. The molecule has 3 nitrogen and oxygen atoms in total. The van der Waals surface area contributed by atoms with Gasteiger partial charge in [0.05, 0.1) is 24.4 Å². The summed E-state index contributed by atoms with van der Waals surface area (Å²) in [7, 11) is 0. The molecule has 4 heteroatoms. The number of ether oxygens (including phenoxy) is 2. The van der Waals surface area contributed by atoms with Gasteiger partial charge in [0.25, 0.3) is 0 Å². The minimum atomic E-state index is -0.124. The van der Waals surface area contributed by atoms with E-state index in [1.54, 1.807) is 0 Å². The van der Waals surface area contributed by atoms with Crippen molar-refractivity contribution in [2.45, 2.75) is 32.5 Å². The Kier molecular flexibility index (Phi) is 3.64. The Labute approximate surface area is 111 Å². The van der Waals surface area contributed by atoms with E-state index in [2.05, 4.69) is 21.2 Å². The first-order valence-corrected chi connectivity index (χ1v) is 6.57. The van der Waals surface area contributed by atoms with Crippen molar-refractivity contribution in [3.63, 3.8) is 0 Å². The van der Waals surface area contributed by atoms with Crippen LogP contribution in [0.5, 0.6) is 5.75 Å². The number of hydrogen-bond donors (Lipinski definition) is 1. The molecule has 1 aromatic rings. The van der Waals surface area contributed by atoms with Crippen LogP contribution >= 0.6 is 15.9 Å². The second-order valence-corrected chi connectivity index (χ2v) is 6.10. The van der Waals surface area contributed by atoms with Gasteiger partial charge in [0.1, 0.15) is 11.9 Å². The minimum absolute atomic E-state index is 0.0658. The predicted molar refractivity (Wildman–Crippen MR) is 72.8 cm³/mol. The van der Waals surface area contributed by atoms with Crippen molar-refractivity contribution in [3.05, 3.63) is 22.7 Å². The second kappa shape index (κ2) is 4.86. The first-order valence-electron chi connectivity index (χ1n) is 5.78. The topological polar surface area (TPSA) is 30.5 Å². The average Bonchev–Trinajstić information content (AvgIpc) is 2.24. The smallest absolute Gasteiger partial charge is 0.144 e. The third kappa shape index (κ3) is 3.61. The molecule has 1 atom stereocenters. The van der Waals surface area contributed by atoms with Crippen molar-refractivity contribution < 1.29 is 9.47 Å². The Hall–Kier alpha value is -0.740. The SMILES string of the molecule is CC(C)(C)OCC1CNc2ccc(Br)cc2O1. The Balaban J connectivity index is 1.98. The number of hydrogen-bond acceptors (Lipinski definition) is 3. The highest BCUT2D eigenvalue weighted by Crippen LogP contribution is 2.32. The molecule has 1 aliphatic rings. The van der Waals surface area contributed by atoms with Crippen LogP contribution in [0.2, 0.25) is 0 Å². The van der Waals surface area contributed by atoms with Crippen LogP contribution in [0, 0.1) is 0 Å². The number of anilines is 1. The van der Waals surface area contributed by atoms with Crippen LogP contribution in [0.25, 0.3) is 0 Å². The lowest BCUT2D eigenvalue weighted by Crippen LogP contribution is -2.37. The molecule has 0 saturated carbocycles. The Morgan fingerprint density at radius 2 is 2.24 bits per heavy atom. The highest BCUT2D eigenvalue weighted by Gasteiger charge is 2.21. The maximum atomic E-state index is 5.89. The lowest BCUT2D eigenvalue weighted by molar-refractivity contribution is -0.0398. The normalized spacial score (nSPS) is 19.2. The van der Waals surface area contributed by atoms with Gasteiger partial charge in [-0.1, -0.05) is 15.9 Å². The van der Waals surface area contributed by atoms with Crippen LogP contribution in [-0.2, 0) is 4.74 Å². The van der Waals surface area contributed by atoms with E-state index in [9.17, 15) is 0 Å². The van der Waals surface area contributed by atoms with Crippen molar-refractivity contribution >= 4 is 21.6 Å². The second-order valence-electron chi connectivity index (χ2n) is 5.18. The molecule has 2 rings (SSSR count). The number of benzene rings is 1. The summed E-state index contributed by atoms with van der Waals surface area (Å²) in [5, 5.41) is 3.35. The molecule has 0 spiro atoms. The molecular formula is C13H18BrNO2. The summed E-state index contributed by atoms with van der Waals surface area (Å²) in [5.41, 5.74) is 0.918. The van der Waals surface area contributed by atoms with Gasteiger partial charge < -0.3 is 14.8 Å². The number of rotatable bonds is 2. The van der Waals surface area contributed by atoms with Crippen LogP contribution in [-0.4, -0.2) is 24.9 Å². The number of halogens is 1. The lowest BCUT2D eigenvalue weighted by Gasteiger charge is -2.30. The zero-order valence-corrected chi connectivity index (χ0v) is 12.0. The summed E-state index contributed by atoms with van der Waals surface area (Å²) in [4.78, 5) is 0. The van der Waals surface area contributed by atoms with Crippen LogP contribution in [0.3, 0.4) is 0 Å². The lowest BCUT2D eigenvalue weighted by atomic mass is 10.2. The molecule has 17 heavy (non-hydrogen) atoms. The predicted octanol–water partition coefficient (Wildman–Crippen LogP) is 3.44. The summed E-state index contributed by atoms with van der Waals surface area (Å²) in [6.07, 6.45) is 0.0658. The van der Waals surface area contributed by atoms with Gasteiger partial charge >= 0.3 is 0 Å². The molecular weight excluding hydrogens is 282 g/mol. The molecule has 1 unspecified atom stereocenters. The standard InChI is InChI=1S/C13H18BrNO2/c1-13(2,3)16-8-10-7-15-11-5-4-9(14)6-12(11)17-10/h4-6,10,15H,7-8H2,1-3H3. The summed E-state index contributed by atoms with van der Waals surface area (Å²) in [6, 6.07) is 5.99. The molecule has 1 N–H and O–H groups in total. The van der Waals surface area contributed by atoms with Gasteiger partial charge in [0, 0.05) is 4.47 Å². The van der Waals surface area contributed by atoms with E-state index < -0.39 is 0 Å². The van der Waals surface area contributed by atoms with Gasteiger partial charge in [-0.2, -0.15) is 0 Å². The van der Waals surface area contributed by atoms with E-state index in [0.717, 1.165) is 22.5 Å². The minimum Gasteiger partial charge on any atom is -0.484 e. The van der Waals surface area contributed by atoms with Crippen LogP contribution < -0.4 is 10.1 Å². The third-order valence-corrected chi connectivity index (χ3v) is 2.95. The molecule has 1 heterocycles. The van der Waals surface area contributed by atoms with Gasteiger partial charge in [0.15, 0.2) is 0 Å². The summed E-state index contributed by atoms with van der Waals surface area (Å²) in [5.74, 6) is 0.883. The molecule has 1 aliphatic heterocycles. The molecule has 0 aromatic heterocycles. The maximum Gasteiger partial charge on any atom is 0.144 e. The first-order chi connectivity index (χ1) is 7.94. The van der Waals surface area contributed by atoms with E-state index in [1.807, 2.05) is 39.0 Å². The summed E-state index contributed by atoms with van der Waals surface area (Å²) >= 11 is 3.44. The molecule has 0 fully saturated rings. The monoisotopic (exact) mass is 299 g/mol. The largest absolute Gasteiger partial charge is 0.484 e. The van der Waals surface area contributed by atoms with Crippen LogP contribution in [0.15, 0.2) is 22.7 Å². The average molecular weight is 300 g/mol. The van der Waals surface area contributed by atoms with Crippen LogP contribution in [0.1, 0.15) is 20.8 Å². The Bertz CT molecular complexity index is 401. The van der Waals surface area contributed by atoms with Gasteiger partial charge in [-0.05, 0) is 39.0 Å². The van der Waals surface area contributed by atoms with E-state index >= 15 is 0 Å². The molecule has 0 aliphatic carbocycles. The van der Waals surface area contributed by atoms with Crippen molar-refractivity contribution in [1.82, 2.24) is 0 Å². The maximum absolute atomic E-state index is 5.89. The molecule has 1 aromatic carbocycles. The van der Waals surface area contributed by atoms with E-state index in [0.29, 0.717) is 6.61 Å². The van der Waals surface area contributed by atoms with E-state index in [4.69, 9.17) is 9.47 Å². The van der Waals surface area contributed by atoms with Gasteiger partial charge in [0.2, 0.25) is 0 Å². The zero-order valence-electron chi connectivity index (χ0n) is 10.4. The third-order valence-electron chi connectivity index (χ3n) is 2.46. The fraction of sp³-hybridized carbons (Fsp3) is 0.538. The molecule has 0 saturated heterocycles. The van der Waals surface area contributed by atoms with E-state index in [1.165, 1.54) is 0 Å². The fourth-order valence-corrected chi connectivity index (χ4v) is 1.96. The van der Waals surface area contributed by atoms with Gasteiger partial charge in [-0.3, -0.25) is 0 Å². The van der Waals surface area contributed by atoms with Gasteiger partial charge in [-0.25, -0.2) is 0 Å². The van der Waals surface area contributed by atoms with Crippen molar-refractivity contribution in [1.29, 1.82) is 0 Å². The first kappa shape index (κ1) is 12.7. The Morgan fingerprint density at radius 1 is 1.47 bits per heavy atom. The molecule has 94 valence electrons. The zero-order chi connectivity index (χ0) is 12.5. The number of fused-ring (bicyclic) bond motifs is 1. The van der Waals surface area contributed by atoms with Crippen molar-refractivity contribution in [2.75, 3.05) is 18.5 Å². The van der Waals surface area contributed by atoms with Gasteiger partial charge in [-0.15, -0.1) is 0 Å². The Morgan fingerprint density at radius 3 is 2.94 bits per heavy atom. The highest BCUT2D eigenvalue weighted by atomic mass is 79.9. The van der Waals surface area contributed by atoms with Crippen molar-refractivity contribution in [3.8, 4) is 5.75 Å². The van der Waals surface area contributed by atoms with Crippen LogP contribution in [0.4, 0.5) is 5.69 Å². The van der Waals surface area contributed by atoms with Crippen molar-refractivity contribution in [2.24, 2.45) is 0 Å². The summed E-state index contributed by atoms with van der Waals surface area (Å²) < 4.78 is 12.7. The van der Waals surface area contributed by atoms with E-state index in [-0.39, 0.29) is 11.7 Å². The quantitative estimate of drug-likeness (QED) is 0.907. The highest BCUT2D eigenvalue weighted by molar-refractivity contribution is 9.10. The molecule has 0 amide bonds. The molecule has 0 radical (unpaired) electrons.